The monoisotopic (exact) mass is 188 g/mol. The molecule has 0 aromatic rings. The molecule has 72 valence electrons. The molecule has 12 heavy (non-hydrogen) atoms. The molecule has 2 heteroatoms. The standard InChI is InChI=1S/C10H20OS/c1-4-5-6-7-9(2)8-10(11)12-3/h9H,4-8H2,1-3H3/t9-/m1/s1. The fourth-order valence-electron chi connectivity index (χ4n) is 1.21. The van der Waals surface area contributed by atoms with Crippen molar-refractivity contribution in [2.45, 2.75) is 46.0 Å². The van der Waals surface area contributed by atoms with E-state index in [2.05, 4.69) is 13.8 Å². The first kappa shape index (κ1) is 12.0. The molecule has 0 N–H and O–H groups in total. The maximum absolute atomic E-state index is 11.0. The predicted octanol–water partition coefficient (Wildman–Crippen LogP) is 3.48. The third kappa shape index (κ3) is 6.71. The Morgan fingerprint density at radius 3 is 2.58 bits per heavy atom. The van der Waals surface area contributed by atoms with E-state index in [1.807, 2.05) is 6.26 Å². The Bertz CT molecular complexity index is 123. The zero-order valence-electron chi connectivity index (χ0n) is 8.43. The molecule has 0 bridgehead atoms. The highest BCUT2D eigenvalue weighted by Gasteiger charge is 2.06. The minimum absolute atomic E-state index is 0.332. The van der Waals surface area contributed by atoms with E-state index >= 15 is 0 Å². The molecule has 0 aliphatic rings. The summed E-state index contributed by atoms with van der Waals surface area (Å²) in [5.74, 6) is 0.580. The molecular formula is C10H20OS. The number of hydrogen-bond acceptors (Lipinski definition) is 2. The molecule has 0 spiro atoms. The average Bonchev–Trinajstić information content (AvgIpc) is 2.05. The first-order valence-electron chi connectivity index (χ1n) is 4.77. The number of carbonyl (C=O) groups is 1. The maximum atomic E-state index is 11.0. The third-order valence-electron chi connectivity index (χ3n) is 2.04. The van der Waals surface area contributed by atoms with E-state index in [1.54, 1.807) is 0 Å². The van der Waals surface area contributed by atoms with Crippen LogP contribution in [-0.4, -0.2) is 11.4 Å². The second kappa shape index (κ2) is 7.66. The molecule has 0 rings (SSSR count). The number of rotatable bonds is 6. The van der Waals surface area contributed by atoms with Gasteiger partial charge >= 0.3 is 0 Å². The van der Waals surface area contributed by atoms with Crippen molar-refractivity contribution in [1.82, 2.24) is 0 Å². The van der Waals surface area contributed by atoms with Crippen molar-refractivity contribution in [2.75, 3.05) is 6.26 Å². The summed E-state index contributed by atoms with van der Waals surface area (Å²) in [5.41, 5.74) is 0. The molecule has 0 aromatic carbocycles. The van der Waals surface area contributed by atoms with Crippen molar-refractivity contribution in [3.05, 3.63) is 0 Å². The Labute approximate surface area is 80.3 Å². The molecule has 0 aliphatic heterocycles. The van der Waals surface area contributed by atoms with Crippen LogP contribution in [0.4, 0.5) is 0 Å². The second-order valence-electron chi connectivity index (χ2n) is 3.38. The lowest BCUT2D eigenvalue weighted by atomic mass is 10.0. The minimum atomic E-state index is 0.332. The zero-order chi connectivity index (χ0) is 9.40. The molecule has 0 unspecified atom stereocenters. The van der Waals surface area contributed by atoms with Crippen molar-refractivity contribution in [1.29, 1.82) is 0 Å². The number of hydrogen-bond donors (Lipinski definition) is 0. The Balaban J connectivity index is 3.32. The van der Waals surface area contributed by atoms with Gasteiger partial charge in [0.05, 0.1) is 0 Å². The molecule has 0 saturated carbocycles. The average molecular weight is 188 g/mol. The topological polar surface area (TPSA) is 17.1 Å². The number of thioether (sulfide) groups is 1. The summed E-state index contributed by atoms with van der Waals surface area (Å²) in [7, 11) is 0. The highest BCUT2D eigenvalue weighted by molar-refractivity contribution is 8.13. The number of unbranched alkanes of at least 4 members (excludes halogenated alkanes) is 2. The van der Waals surface area contributed by atoms with Gasteiger partial charge in [-0.25, -0.2) is 0 Å². The van der Waals surface area contributed by atoms with Crippen LogP contribution in [0.3, 0.4) is 0 Å². The molecule has 0 aromatic heterocycles. The molecule has 1 atom stereocenters. The fraction of sp³-hybridized carbons (Fsp3) is 0.900. The molecule has 0 saturated heterocycles. The van der Waals surface area contributed by atoms with Crippen LogP contribution >= 0.6 is 11.8 Å². The van der Waals surface area contributed by atoms with Gasteiger partial charge in [0, 0.05) is 6.42 Å². The van der Waals surface area contributed by atoms with Crippen molar-refractivity contribution < 1.29 is 4.79 Å². The minimum Gasteiger partial charge on any atom is -0.287 e. The van der Waals surface area contributed by atoms with Crippen molar-refractivity contribution >= 4 is 16.9 Å². The quantitative estimate of drug-likeness (QED) is 0.594. The van der Waals surface area contributed by atoms with E-state index in [-0.39, 0.29) is 0 Å². The van der Waals surface area contributed by atoms with Gasteiger partial charge in [-0.05, 0) is 12.2 Å². The molecule has 0 amide bonds. The second-order valence-corrected chi connectivity index (χ2v) is 4.24. The largest absolute Gasteiger partial charge is 0.287 e. The molecule has 1 nitrogen and oxygen atoms in total. The lowest BCUT2D eigenvalue weighted by molar-refractivity contribution is -0.111. The van der Waals surface area contributed by atoms with E-state index in [1.165, 1.54) is 37.4 Å². The Morgan fingerprint density at radius 1 is 1.42 bits per heavy atom. The summed E-state index contributed by atoms with van der Waals surface area (Å²) in [6.45, 7) is 4.38. The third-order valence-corrected chi connectivity index (χ3v) is 2.67. The van der Waals surface area contributed by atoms with Crippen LogP contribution in [0.15, 0.2) is 0 Å². The van der Waals surface area contributed by atoms with Crippen LogP contribution in [-0.2, 0) is 4.79 Å². The molecule has 0 radical (unpaired) electrons. The zero-order valence-corrected chi connectivity index (χ0v) is 9.25. The van der Waals surface area contributed by atoms with Gasteiger partial charge in [0.15, 0.2) is 5.12 Å². The summed E-state index contributed by atoms with van der Waals surface area (Å²) in [5, 5.41) is 0.332. The highest BCUT2D eigenvalue weighted by Crippen LogP contribution is 2.15. The van der Waals surface area contributed by atoms with E-state index < -0.39 is 0 Å². The Morgan fingerprint density at radius 2 is 2.08 bits per heavy atom. The van der Waals surface area contributed by atoms with E-state index in [0.717, 1.165) is 6.42 Å². The summed E-state index contributed by atoms with van der Waals surface area (Å²) in [6.07, 6.45) is 7.67. The summed E-state index contributed by atoms with van der Waals surface area (Å²) < 4.78 is 0. The van der Waals surface area contributed by atoms with Gasteiger partial charge in [-0.1, -0.05) is 51.3 Å². The van der Waals surface area contributed by atoms with Crippen LogP contribution in [0.1, 0.15) is 46.0 Å². The van der Waals surface area contributed by atoms with Crippen LogP contribution in [0.2, 0.25) is 0 Å². The maximum Gasteiger partial charge on any atom is 0.188 e. The van der Waals surface area contributed by atoms with Gasteiger partial charge in [0.2, 0.25) is 0 Å². The van der Waals surface area contributed by atoms with Crippen LogP contribution < -0.4 is 0 Å². The number of carbonyl (C=O) groups excluding carboxylic acids is 1. The van der Waals surface area contributed by atoms with Gasteiger partial charge in [-0.15, -0.1) is 0 Å². The van der Waals surface area contributed by atoms with Crippen molar-refractivity contribution in [3.63, 3.8) is 0 Å². The van der Waals surface area contributed by atoms with E-state index in [0.29, 0.717) is 11.0 Å². The molecule has 0 aliphatic carbocycles. The van der Waals surface area contributed by atoms with Crippen LogP contribution in [0, 0.1) is 5.92 Å². The van der Waals surface area contributed by atoms with Gasteiger partial charge in [0.1, 0.15) is 0 Å². The molecular weight excluding hydrogens is 168 g/mol. The van der Waals surface area contributed by atoms with Crippen LogP contribution in [0.5, 0.6) is 0 Å². The first-order chi connectivity index (χ1) is 5.70. The molecule has 0 fully saturated rings. The Kier molecular flexibility index (Phi) is 7.67. The SMILES string of the molecule is CCCCC[C@@H](C)CC(=O)SC. The van der Waals surface area contributed by atoms with E-state index in [4.69, 9.17) is 0 Å². The van der Waals surface area contributed by atoms with Crippen LogP contribution in [0.25, 0.3) is 0 Å². The predicted molar refractivity (Wildman–Crippen MR) is 56.4 cm³/mol. The van der Waals surface area contributed by atoms with Crippen molar-refractivity contribution in [2.24, 2.45) is 5.92 Å². The lowest BCUT2D eigenvalue weighted by Gasteiger charge is -2.08. The highest BCUT2D eigenvalue weighted by atomic mass is 32.2. The normalized spacial score (nSPS) is 12.9. The molecule has 0 heterocycles. The lowest BCUT2D eigenvalue weighted by Crippen LogP contribution is -2.01. The summed E-state index contributed by atoms with van der Waals surface area (Å²) in [4.78, 5) is 11.0. The fourth-order valence-corrected chi connectivity index (χ4v) is 1.66. The van der Waals surface area contributed by atoms with Gasteiger partial charge in [-0.3, -0.25) is 4.79 Å². The van der Waals surface area contributed by atoms with Gasteiger partial charge in [-0.2, -0.15) is 0 Å². The van der Waals surface area contributed by atoms with Crippen molar-refractivity contribution in [3.8, 4) is 0 Å². The Hall–Kier alpha value is 0.0200. The van der Waals surface area contributed by atoms with Gasteiger partial charge in [0.25, 0.3) is 0 Å². The summed E-state index contributed by atoms with van der Waals surface area (Å²) >= 11 is 1.35. The van der Waals surface area contributed by atoms with Gasteiger partial charge < -0.3 is 0 Å². The summed E-state index contributed by atoms with van der Waals surface area (Å²) in [6, 6.07) is 0. The smallest absolute Gasteiger partial charge is 0.188 e. The van der Waals surface area contributed by atoms with E-state index in [9.17, 15) is 4.79 Å². The first-order valence-corrected chi connectivity index (χ1v) is 6.00.